The van der Waals surface area contributed by atoms with Gasteiger partial charge < -0.3 is 5.11 Å². The number of thioether (sulfide) groups is 1. The van der Waals surface area contributed by atoms with Gasteiger partial charge in [0.05, 0.1) is 13.9 Å². The fraction of sp³-hybridized carbons (Fsp3) is 0.286. The van der Waals surface area contributed by atoms with Gasteiger partial charge in [-0.15, -0.1) is 0 Å². The van der Waals surface area contributed by atoms with Crippen LogP contribution in [0.5, 0.6) is 5.75 Å². The van der Waals surface area contributed by atoms with Crippen LogP contribution in [0.2, 0.25) is 0 Å². The highest BCUT2D eigenvalue weighted by molar-refractivity contribution is 9.11. The van der Waals surface area contributed by atoms with Crippen molar-refractivity contribution in [1.82, 2.24) is 4.90 Å². The van der Waals surface area contributed by atoms with Crippen molar-refractivity contribution < 1.29 is 9.90 Å². The second-order valence-corrected chi connectivity index (χ2v) is 6.97. The summed E-state index contributed by atoms with van der Waals surface area (Å²) in [5.74, 6) is 0.112. The zero-order chi connectivity index (χ0) is 15.6. The zero-order valence-corrected chi connectivity index (χ0v) is 15.5. The third-order valence-electron chi connectivity index (χ3n) is 2.83. The Morgan fingerprint density at radius 3 is 2.48 bits per heavy atom. The number of hydrogen-bond donors (Lipinski definition) is 1. The quantitative estimate of drug-likeness (QED) is 0.725. The second-order valence-electron chi connectivity index (χ2n) is 4.25. The Balaban J connectivity index is 2.38. The molecule has 0 saturated carbocycles. The highest BCUT2D eigenvalue weighted by Gasteiger charge is 2.31. The number of amidine groups is 1. The van der Waals surface area contributed by atoms with Crippen LogP contribution in [0, 0.1) is 0 Å². The summed E-state index contributed by atoms with van der Waals surface area (Å²) in [7, 11) is 0. The lowest BCUT2D eigenvalue weighted by Gasteiger charge is -2.11. The van der Waals surface area contributed by atoms with Crippen molar-refractivity contribution in [2.24, 2.45) is 4.99 Å². The Morgan fingerprint density at radius 1 is 1.33 bits per heavy atom. The molecule has 7 heteroatoms. The number of benzene rings is 1. The number of aromatic hydroxyl groups is 1. The van der Waals surface area contributed by atoms with Gasteiger partial charge in [0.25, 0.3) is 5.91 Å². The summed E-state index contributed by atoms with van der Waals surface area (Å²) in [5, 5.41) is 10.5. The van der Waals surface area contributed by atoms with Gasteiger partial charge in [-0.25, -0.2) is 0 Å². The van der Waals surface area contributed by atoms with Crippen LogP contribution >= 0.6 is 43.6 Å². The van der Waals surface area contributed by atoms with Crippen molar-refractivity contribution in [2.75, 3.05) is 13.1 Å². The van der Waals surface area contributed by atoms with Gasteiger partial charge in [0, 0.05) is 13.1 Å². The minimum absolute atomic E-state index is 0.0324. The smallest absolute Gasteiger partial charge is 0.266 e. The molecule has 112 valence electrons. The normalized spacial score (nSPS) is 19.0. The third kappa shape index (κ3) is 3.52. The predicted molar refractivity (Wildman–Crippen MR) is 94.4 cm³/mol. The molecule has 0 spiro atoms. The topological polar surface area (TPSA) is 52.9 Å². The molecule has 1 heterocycles. The number of likely N-dealkylation sites (N-methyl/N-ethyl adjacent to an activating group) is 1. The predicted octanol–water partition coefficient (Wildman–Crippen LogP) is 4.23. The molecule has 4 nitrogen and oxygen atoms in total. The first-order valence-electron chi connectivity index (χ1n) is 6.41. The van der Waals surface area contributed by atoms with Crippen LogP contribution in [0.4, 0.5) is 0 Å². The molecule has 1 saturated heterocycles. The minimum Gasteiger partial charge on any atom is -0.506 e. The van der Waals surface area contributed by atoms with Crippen LogP contribution in [-0.2, 0) is 4.79 Å². The second kappa shape index (κ2) is 6.98. The Kier molecular flexibility index (Phi) is 5.51. The van der Waals surface area contributed by atoms with E-state index < -0.39 is 0 Å². The van der Waals surface area contributed by atoms with Gasteiger partial charge in [-0.1, -0.05) is 0 Å². The first kappa shape index (κ1) is 16.6. The van der Waals surface area contributed by atoms with Crippen LogP contribution in [0.15, 0.2) is 31.0 Å². The summed E-state index contributed by atoms with van der Waals surface area (Å²) in [6.07, 6.45) is 1.81. The molecule has 0 unspecified atom stereocenters. The van der Waals surface area contributed by atoms with Crippen molar-refractivity contribution in [3.63, 3.8) is 0 Å². The fourth-order valence-electron chi connectivity index (χ4n) is 1.86. The highest BCUT2D eigenvalue weighted by atomic mass is 79.9. The van der Waals surface area contributed by atoms with E-state index in [0.717, 1.165) is 10.7 Å². The lowest BCUT2D eigenvalue weighted by molar-refractivity contribution is -0.122. The standard InChI is InChI=1S/C14H14Br2N2O2S/c1-3-17-14-18(4-2)13(20)11(21-14)7-8-5-9(15)12(19)10(16)6-8/h5-7,19H,3-4H2,1-2H3/b11-7-,17-14-. The van der Waals surface area contributed by atoms with Crippen LogP contribution in [0.3, 0.4) is 0 Å². The van der Waals surface area contributed by atoms with E-state index in [4.69, 9.17) is 0 Å². The number of carbonyl (C=O) groups excluding carboxylic acids is 1. The maximum Gasteiger partial charge on any atom is 0.266 e. The first-order chi connectivity index (χ1) is 9.97. The van der Waals surface area contributed by atoms with E-state index in [1.807, 2.05) is 19.9 Å². The van der Waals surface area contributed by atoms with Gasteiger partial charge in [0.15, 0.2) is 5.17 Å². The molecule has 0 atom stereocenters. The average molecular weight is 434 g/mol. The molecule has 0 bridgehead atoms. The molecule has 0 aromatic heterocycles. The molecule has 0 aliphatic carbocycles. The summed E-state index contributed by atoms with van der Waals surface area (Å²) in [4.78, 5) is 19.0. The van der Waals surface area contributed by atoms with E-state index in [2.05, 4.69) is 36.9 Å². The number of hydrogen-bond acceptors (Lipinski definition) is 4. The SMILES string of the molecule is CC/N=C1\S/C(=C\c2cc(Br)c(O)c(Br)c2)C(=O)N1CC. The molecule has 1 N–H and O–H groups in total. The number of phenolic OH excluding ortho intramolecular Hbond substituents is 1. The maximum atomic E-state index is 12.3. The Bertz CT molecular complexity index is 621. The zero-order valence-electron chi connectivity index (χ0n) is 11.6. The summed E-state index contributed by atoms with van der Waals surface area (Å²) >= 11 is 7.96. The Hall–Kier alpha value is -0.790. The van der Waals surface area contributed by atoms with E-state index in [0.29, 0.717) is 26.9 Å². The van der Waals surface area contributed by atoms with Crippen molar-refractivity contribution in [3.8, 4) is 5.75 Å². The minimum atomic E-state index is -0.0324. The number of nitrogens with zero attached hydrogens (tertiary/aromatic N) is 2. The maximum absolute atomic E-state index is 12.3. The number of aliphatic imine (C=N–C) groups is 1. The van der Waals surface area contributed by atoms with Gasteiger partial charge in [-0.3, -0.25) is 14.7 Å². The average Bonchev–Trinajstić information content (AvgIpc) is 2.72. The van der Waals surface area contributed by atoms with Crippen LogP contribution in [0.25, 0.3) is 6.08 Å². The van der Waals surface area contributed by atoms with Crippen molar-refractivity contribution in [3.05, 3.63) is 31.5 Å². The highest BCUT2D eigenvalue weighted by Crippen LogP contribution is 2.36. The van der Waals surface area contributed by atoms with Gasteiger partial charge in [-0.2, -0.15) is 0 Å². The van der Waals surface area contributed by atoms with Crippen molar-refractivity contribution in [2.45, 2.75) is 13.8 Å². The van der Waals surface area contributed by atoms with E-state index in [1.54, 1.807) is 17.0 Å². The number of rotatable bonds is 3. The largest absolute Gasteiger partial charge is 0.506 e. The van der Waals surface area contributed by atoms with Crippen LogP contribution in [-0.4, -0.2) is 34.2 Å². The molecule has 1 aromatic rings. The molecule has 1 amide bonds. The van der Waals surface area contributed by atoms with E-state index in [1.165, 1.54) is 11.8 Å². The molecule has 1 aromatic carbocycles. The Morgan fingerprint density at radius 2 is 1.95 bits per heavy atom. The number of amides is 1. The van der Waals surface area contributed by atoms with Gasteiger partial charge in [0.1, 0.15) is 5.75 Å². The van der Waals surface area contributed by atoms with Crippen molar-refractivity contribution >= 4 is 60.8 Å². The van der Waals surface area contributed by atoms with E-state index >= 15 is 0 Å². The molecule has 1 aliphatic rings. The van der Waals surface area contributed by atoms with Crippen LogP contribution < -0.4 is 0 Å². The number of halogens is 2. The summed E-state index contributed by atoms with van der Waals surface area (Å²) in [6, 6.07) is 3.54. The monoisotopic (exact) mass is 432 g/mol. The van der Waals surface area contributed by atoms with Gasteiger partial charge in [-0.05, 0) is 81.2 Å². The van der Waals surface area contributed by atoms with Crippen LogP contribution in [0.1, 0.15) is 19.4 Å². The third-order valence-corrected chi connectivity index (χ3v) is 5.09. The van der Waals surface area contributed by atoms with Gasteiger partial charge in [0.2, 0.25) is 0 Å². The first-order valence-corrected chi connectivity index (χ1v) is 8.82. The van der Waals surface area contributed by atoms with Gasteiger partial charge >= 0.3 is 0 Å². The summed E-state index contributed by atoms with van der Waals surface area (Å²) in [6.45, 7) is 5.13. The molecule has 0 radical (unpaired) electrons. The fourth-order valence-corrected chi connectivity index (χ4v) is 4.19. The summed E-state index contributed by atoms with van der Waals surface area (Å²) in [5.41, 5.74) is 0.830. The molecule has 1 aliphatic heterocycles. The summed E-state index contributed by atoms with van der Waals surface area (Å²) < 4.78 is 1.16. The van der Waals surface area contributed by atoms with E-state index in [9.17, 15) is 9.90 Å². The lowest BCUT2D eigenvalue weighted by atomic mass is 10.2. The lowest BCUT2D eigenvalue weighted by Crippen LogP contribution is -2.28. The molecule has 1 fully saturated rings. The van der Waals surface area contributed by atoms with Crippen molar-refractivity contribution in [1.29, 1.82) is 0 Å². The molecular formula is C14H14Br2N2O2S. The molecular weight excluding hydrogens is 420 g/mol. The van der Waals surface area contributed by atoms with E-state index in [-0.39, 0.29) is 11.7 Å². The Labute approximate surface area is 144 Å². The molecule has 2 rings (SSSR count). The number of carbonyl (C=O) groups is 1. The molecule has 21 heavy (non-hydrogen) atoms. The number of phenols is 1.